The second-order valence-corrected chi connectivity index (χ2v) is 7.53. The molecule has 8 nitrogen and oxygen atoms in total. The number of thiazole rings is 1. The molecule has 1 amide bonds. The summed E-state index contributed by atoms with van der Waals surface area (Å²) in [5, 5.41) is 6.15. The van der Waals surface area contributed by atoms with Crippen molar-refractivity contribution in [3.05, 3.63) is 4.88 Å². The smallest absolute Gasteiger partial charge is 0.265 e. The first-order chi connectivity index (χ1) is 9.75. The maximum absolute atomic E-state index is 11.9. The Balaban J connectivity index is 2.58. The lowest BCUT2D eigenvalue weighted by molar-refractivity contribution is 0.0961. The van der Waals surface area contributed by atoms with Crippen LogP contribution >= 0.6 is 11.3 Å². The average molecular weight is 335 g/mol. The van der Waals surface area contributed by atoms with Crippen LogP contribution in [0, 0.1) is 0 Å². The number of anilines is 2. The van der Waals surface area contributed by atoms with Crippen LogP contribution in [0.4, 0.5) is 10.9 Å². The molecule has 120 valence electrons. The first-order valence-corrected chi connectivity index (χ1v) is 9.00. The van der Waals surface area contributed by atoms with Gasteiger partial charge in [0.15, 0.2) is 5.13 Å². The molecular formula is C11H21N5O3S2. The van der Waals surface area contributed by atoms with Crippen molar-refractivity contribution in [2.45, 2.75) is 26.8 Å². The first kappa shape index (κ1) is 17.7. The Hall–Kier alpha value is -1.39. The minimum Gasteiger partial charge on any atom is -0.382 e. The standard InChI is InChI=1S/C11H21N5O3S2/c1-4-14-21(18,19)6-5-13-10(17)8-9(12)16-11(20-8)15-7(2)3/h7,14H,4-6,12H2,1-3H3,(H,13,17)(H,15,16). The maximum Gasteiger partial charge on any atom is 0.265 e. The van der Waals surface area contributed by atoms with Crippen molar-refractivity contribution >= 4 is 38.2 Å². The molecule has 0 aliphatic rings. The molecule has 0 unspecified atom stereocenters. The summed E-state index contributed by atoms with van der Waals surface area (Å²) >= 11 is 1.14. The van der Waals surface area contributed by atoms with Gasteiger partial charge in [0, 0.05) is 19.1 Å². The van der Waals surface area contributed by atoms with Crippen LogP contribution in [0.15, 0.2) is 0 Å². The van der Waals surface area contributed by atoms with Gasteiger partial charge in [-0.05, 0) is 13.8 Å². The van der Waals surface area contributed by atoms with Crippen LogP contribution in [-0.2, 0) is 10.0 Å². The van der Waals surface area contributed by atoms with Crippen molar-refractivity contribution in [1.82, 2.24) is 15.0 Å². The molecule has 21 heavy (non-hydrogen) atoms. The summed E-state index contributed by atoms with van der Waals surface area (Å²) in [6, 6.07) is 0.178. The molecule has 1 aromatic rings. The zero-order valence-corrected chi connectivity index (χ0v) is 13.9. The fourth-order valence-electron chi connectivity index (χ4n) is 1.47. The molecule has 1 aromatic heterocycles. The highest BCUT2D eigenvalue weighted by molar-refractivity contribution is 7.89. The topological polar surface area (TPSA) is 126 Å². The lowest BCUT2D eigenvalue weighted by Crippen LogP contribution is -2.34. The number of carbonyl (C=O) groups is 1. The van der Waals surface area contributed by atoms with E-state index in [-0.39, 0.29) is 29.0 Å². The van der Waals surface area contributed by atoms with Crippen molar-refractivity contribution in [3.63, 3.8) is 0 Å². The summed E-state index contributed by atoms with van der Waals surface area (Å²) < 4.78 is 25.2. The van der Waals surface area contributed by atoms with Crippen molar-refractivity contribution in [1.29, 1.82) is 0 Å². The van der Waals surface area contributed by atoms with Crippen LogP contribution in [-0.4, -0.2) is 44.2 Å². The molecule has 0 spiro atoms. The summed E-state index contributed by atoms with van der Waals surface area (Å²) in [6.45, 7) is 5.92. The van der Waals surface area contributed by atoms with Crippen LogP contribution in [0.5, 0.6) is 0 Å². The largest absolute Gasteiger partial charge is 0.382 e. The summed E-state index contributed by atoms with van der Waals surface area (Å²) in [4.78, 5) is 16.3. The highest BCUT2D eigenvalue weighted by atomic mass is 32.2. The molecule has 0 aliphatic heterocycles. The number of nitrogens with two attached hydrogens (primary N) is 1. The monoisotopic (exact) mass is 335 g/mol. The molecular weight excluding hydrogens is 314 g/mol. The highest BCUT2D eigenvalue weighted by Gasteiger charge is 2.17. The predicted molar refractivity (Wildman–Crippen MR) is 85.1 cm³/mol. The number of nitrogens with one attached hydrogen (secondary N) is 3. The van der Waals surface area contributed by atoms with Gasteiger partial charge < -0.3 is 16.4 Å². The number of sulfonamides is 1. The predicted octanol–water partition coefficient (Wildman–Crippen LogP) is 0.215. The van der Waals surface area contributed by atoms with E-state index in [1.807, 2.05) is 13.8 Å². The van der Waals surface area contributed by atoms with Gasteiger partial charge in [0.2, 0.25) is 10.0 Å². The van der Waals surface area contributed by atoms with Crippen molar-refractivity contribution in [2.75, 3.05) is 29.9 Å². The number of rotatable bonds is 8. The summed E-state index contributed by atoms with van der Waals surface area (Å²) in [6.07, 6.45) is 0. The van der Waals surface area contributed by atoms with Crippen molar-refractivity contribution in [3.8, 4) is 0 Å². The van der Waals surface area contributed by atoms with Gasteiger partial charge in [-0.15, -0.1) is 0 Å². The second kappa shape index (κ2) is 7.57. The van der Waals surface area contributed by atoms with E-state index in [0.717, 1.165) is 11.3 Å². The molecule has 5 N–H and O–H groups in total. The van der Waals surface area contributed by atoms with Gasteiger partial charge in [0.05, 0.1) is 5.75 Å². The third kappa shape index (κ3) is 5.86. The molecule has 0 fully saturated rings. The molecule has 0 saturated heterocycles. The molecule has 0 radical (unpaired) electrons. The van der Waals surface area contributed by atoms with E-state index >= 15 is 0 Å². The number of hydrogen-bond acceptors (Lipinski definition) is 7. The molecule has 10 heteroatoms. The van der Waals surface area contributed by atoms with E-state index in [2.05, 4.69) is 20.3 Å². The Bertz CT molecular complexity index is 583. The fourth-order valence-corrected chi connectivity index (χ4v) is 3.38. The molecule has 0 aromatic carbocycles. The van der Waals surface area contributed by atoms with E-state index in [1.165, 1.54) is 0 Å². The third-order valence-corrected chi connectivity index (χ3v) is 4.76. The molecule has 1 rings (SSSR count). The number of amides is 1. The Morgan fingerprint density at radius 3 is 2.67 bits per heavy atom. The summed E-state index contributed by atoms with van der Waals surface area (Å²) in [5.74, 6) is -0.466. The Kier molecular flexibility index (Phi) is 6.37. The molecule has 0 atom stereocenters. The van der Waals surface area contributed by atoms with Crippen molar-refractivity contribution in [2.24, 2.45) is 0 Å². The first-order valence-electron chi connectivity index (χ1n) is 6.53. The van der Waals surface area contributed by atoms with Gasteiger partial charge in [0.25, 0.3) is 5.91 Å². The zero-order valence-electron chi connectivity index (χ0n) is 12.3. The summed E-state index contributed by atoms with van der Waals surface area (Å²) in [5.41, 5.74) is 5.69. The van der Waals surface area contributed by atoms with Gasteiger partial charge >= 0.3 is 0 Å². The van der Waals surface area contributed by atoms with E-state index < -0.39 is 15.9 Å². The Morgan fingerprint density at radius 1 is 1.43 bits per heavy atom. The number of hydrogen-bond donors (Lipinski definition) is 4. The van der Waals surface area contributed by atoms with Gasteiger partial charge in [-0.1, -0.05) is 18.3 Å². The van der Waals surface area contributed by atoms with E-state index in [4.69, 9.17) is 5.73 Å². The van der Waals surface area contributed by atoms with E-state index in [1.54, 1.807) is 6.92 Å². The number of aromatic nitrogens is 1. The van der Waals surface area contributed by atoms with E-state index in [0.29, 0.717) is 11.7 Å². The number of nitrogen functional groups attached to an aromatic ring is 1. The van der Waals surface area contributed by atoms with E-state index in [9.17, 15) is 13.2 Å². The second-order valence-electron chi connectivity index (χ2n) is 4.61. The van der Waals surface area contributed by atoms with Crippen LogP contribution in [0.1, 0.15) is 30.4 Å². The van der Waals surface area contributed by atoms with Gasteiger partial charge in [0.1, 0.15) is 10.7 Å². The maximum atomic E-state index is 11.9. The van der Waals surface area contributed by atoms with Crippen LogP contribution < -0.4 is 21.1 Å². The highest BCUT2D eigenvalue weighted by Crippen LogP contribution is 2.25. The molecule has 0 bridgehead atoms. The third-order valence-electron chi connectivity index (χ3n) is 2.29. The Labute approximate surface area is 128 Å². The fraction of sp³-hybridized carbons (Fsp3) is 0.636. The SMILES string of the molecule is CCNS(=O)(=O)CCNC(=O)c1sc(NC(C)C)nc1N. The quantitative estimate of drug-likeness (QED) is 0.538. The molecule has 0 saturated carbocycles. The van der Waals surface area contributed by atoms with Crippen LogP contribution in [0.2, 0.25) is 0 Å². The Morgan fingerprint density at radius 2 is 2.10 bits per heavy atom. The molecule has 1 heterocycles. The van der Waals surface area contributed by atoms with Crippen LogP contribution in [0.3, 0.4) is 0 Å². The minimum atomic E-state index is -3.35. The summed E-state index contributed by atoms with van der Waals surface area (Å²) in [7, 11) is -3.35. The van der Waals surface area contributed by atoms with Gasteiger partial charge in [-0.25, -0.2) is 18.1 Å². The number of nitrogens with zero attached hydrogens (tertiary/aromatic N) is 1. The average Bonchev–Trinajstić information content (AvgIpc) is 2.68. The van der Waals surface area contributed by atoms with Crippen molar-refractivity contribution < 1.29 is 13.2 Å². The minimum absolute atomic E-state index is 0.0124. The normalized spacial score (nSPS) is 11.6. The molecule has 0 aliphatic carbocycles. The zero-order chi connectivity index (χ0) is 16.0. The van der Waals surface area contributed by atoms with Crippen LogP contribution in [0.25, 0.3) is 0 Å². The van der Waals surface area contributed by atoms with Gasteiger partial charge in [-0.2, -0.15) is 0 Å². The lowest BCUT2D eigenvalue weighted by Gasteiger charge is -2.06. The van der Waals surface area contributed by atoms with Gasteiger partial charge in [-0.3, -0.25) is 4.79 Å². The number of carbonyl (C=O) groups excluding carboxylic acids is 1. The lowest BCUT2D eigenvalue weighted by atomic mass is 10.4.